The SMILES string of the molecule is Cc1ccncc1C(=O)N[C@@H](CC(N)=O)C(=O)O. The Kier molecular flexibility index (Phi) is 4.36. The first-order valence-electron chi connectivity index (χ1n) is 5.14. The lowest BCUT2D eigenvalue weighted by Crippen LogP contribution is -2.43. The maximum Gasteiger partial charge on any atom is 0.326 e. The number of carboxylic acid groups (broad SMARTS) is 1. The van der Waals surface area contributed by atoms with Gasteiger partial charge in [-0.25, -0.2) is 4.79 Å². The van der Waals surface area contributed by atoms with Crippen molar-refractivity contribution < 1.29 is 19.5 Å². The molecule has 7 nitrogen and oxygen atoms in total. The lowest BCUT2D eigenvalue weighted by Gasteiger charge is -2.13. The fraction of sp³-hybridized carbons (Fsp3) is 0.273. The van der Waals surface area contributed by atoms with Crippen LogP contribution >= 0.6 is 0 Å². The van der Waals surface area contributed by atoms with E-state index >= 15 is 0 Å². The third kappa shape index (κ3) is 3.55. The van der Waals surface area contributed by atoms with Crippen LogP contribution in [0.2, 0.25) is 0 Å². The first-order valence-corrected chi connectivity index (χ1v) is 5.14. The number of nitrogens with two attached hydrogens (primary N) is 1. The van der Waals surface area contributed by atoms with E-state index in [1.807, 2.05) is 0 Å². The summed E-state index contributed by atoms with van der Waals surface area (Å²) in [6, 6.07) is 0.285. The summed E-state index contributed by atoms with van der Waals surface area (Å²) in [5, 5.41) is 11.1. The molecule has 0 aliphatic rings. The van der Waals surface area contributed by atoms with Crippen LogP contribution in [0.5, 0.6) is 0 Å². The molecule has 1 atom stereocenters. The second-order valence-corrected chi connectivity index (χ2v) is 3.73. The largest absolute Gasteiger partial charge is 0.480 e. The number of rotatable bonds is 5. The number of carboxylic acids is 1. The van der Waals surface area contributed by atoms with E-state index in [1.165, 1.54) is 12.4 Å². The summed E-state index contributed by atoms with van der Waals surface area (Å²) >= 11 is 0. The second kappa shape index (κ2) is 5.76. The summed E-state index contributed by atoms with van der Waals surface area (Å²) in [7, 11) is 0. The molecule has 0 aliphatic carbocycles. The van der Waals surface area contributed by atoms with Crippen LogP contribution in [0.1, 0.15) is 22.3 Å². The maximum atomic E-state index is 11.8. The summed E-state index contributed by atoms with van der Waals surface area (Å²) < 4.78 is 0. The van der Waals surface area contributed by atoms with Crippen molar-refractivity contribution in [2.75, 3.05) is 0 Å². The van der Waals surface area contributed by atoms with Gasteiger partial charge in [0.05, 0.1) is 12.0 Å². The number of hydrogen-bond donors (Lipinski definition) is 3. The van der Waals surface area contributed by atoms with Crippen LogP contribution in [0.3, 0.4) is 0 Å². The van der Waals surface area contributed by atoms with Crippen LogP contribution in [0.25, 0.3) is 0 Å². The van der Waals surface area contributed by atoms with Crippen LogP contribution < -0.4 is 11.1 Å². The van der Waals surface area contributed by atoms with Crippen molar-refractivity contribution in [1.82, 2.24) is 10.3 Å². The van der Waals surface area contributed by atoms with Crippen LogP contribution in [0.15, 0.2) is 18.5 Å². The molecule has 1 aromatic rings. The number of primary amides is 1. The molecule has 18 heavy (non-hydrogen) atoms. The van der Waals surface area contributed by atoms with E-state index in [9.17, 15) is 14.4 Å². The zero-order chi connectivity index (χ0) is 13.7. The van der Waals surface area contributed by atoms with Gasteiger partial charge in [-0.2, -0.15) is 0 Å². The first-order chi connectivity index (χ1) is 8.41. The van der Waals surface area contributed by atoms with Crippen molar-refractivity contribution in [2.45, 2.75) is 19.4 Å². The molecule has 1 rings (SSSR count). The van der Waals surface area contributed by atoms with Gasteiger partial charge in [0, 0.05) is 12.4 Å². The minimum Gasteiger partial charge on any atom is -0.480 e. The summed E-state index contributed by atoms with van der Waals surface area (Å²) in [6.07, 6.45) is 2.39. The molecule has 1 aromatic heterocycles. The van der Waals surface area contributed by atoms with Crippen LogP contribution in [-0.2, 0) is 9.59 Å². The average molecular weight is 251 g/mol. The van der Waals surface area contributed by atoms with Gasteiger partial charge in [-0.3, -0.25) is 14.6 Å². The van der Waals surface area contributed by atoms with Crippen LogP contribution in [0.4, 0.5) is 0 Å². The number of nitrogens with zero attached hydrogens (tertiary/aromatic N) is 1. The van der Waals surface area contributed by atoms with Crippen LogP contribution in [0, 0.1) is 6.92 Å². The highest BCUT2D eigenvalue weighted by molar-refractivity contribution is 5.98. The zero-order valence-electron chi connectivity index (χ0n) is 9.71. The normalized spacial score (nSPS) is 11.6. The van der Waals surface area contributed by atoms with Crippen molar-refractivity contribution in [2.24, 2.45) is 5.73 Å². The van der Waals surface area contributed by atoms with E-state index < -0.39 is 30.2 Å². The van der Waals surface area contributed by atoms with Crippen molar-refractivity contribution in [3.8, 4) is 0 Å². The van der Waals surface area contributed by atoms with E-state index in [2.05, 4.69) is 10.3 Å². The topological polar surface area (TPSA) is 122 Å². The summed E-state index contributed by atoms with van der Waals surface area (Å²) in [5.74, 6) is -2.72. The predicted octanol–water partition coefficient (Wildman–Crippen LogP) is -0.552. The molecule has 0 spiro atoms. The molecule has 0 saturated heterocycles. The molecule has 2 amide bonds. The van der Waals surface area contributed by atoms with Gasteiger partial charge in [0.1, 0.15) is 6.04 Å². The smallest absolute Gasteiger partial charge is 0.326 e. The van der Waals surface area contributed by atoms with Gasteiger partial charge in [-0.15, -0.1) is 0 Å². The summed E-state index contributed by atoms with van der Waals surface area (Å²) in [5.41, 5.74) is 5.83. The van der Waals surface area contributed by atoms with E-state index in [-0.39, 0.29) is 5.56 Å². The molecule has 4 N–H and O–H groups in total. The number of pyridine rings is 1. The average Bonchev–Trinajstić information content (AvgIpc) is 2.27. The van der Waals surface area contributed by atoms with Crippen molar-refractivity contribution in [1.29, 1.82) is 0 Å². The standard InChI is InChI=1S/C11H13N3O4/c1-6-2-3-13-5-7(6)10(16)14-8(11(17)18)4-9(12)15/h2-3,5,8H,4H2,1H3,(H2,12,15)(H,14,16)(H,17,18)/t8-/m0/s1. The van der Waals surface area contributed by atoms with E-state index in [1.54, 1.807) is 13.0 Å². The van der Waals surface area contributed by atoms with E-state index in [0.29, 0.717) is 5.56 Å². The molecule has 96 valence electrons. The number of amides is 2. The molecule has 7 heteroatoms. The fourth-order valence-electron chi connectivity index (χ4n) is 1.34. The van der Waals surface area contributed by atoms with Crippen molar-refractivity contribution in [3.05, 3.63) is 29.6 Å². The monoisotopic (exact) mass is 251 g/mol. The van der Waals surface area contributed by atoms with Gasteiger partial charge in [-0.1, -0.05) is 0 Å². The van der Waals surface area contributed by atoms with E-state index in [4.69, 9.17) is 10.8 Å². The molecule has 0 bridgehead atoms. The second-order valence-electron chi connectivity index (χ2n) is 3.73. The summed E-state index contributed by atoms with van der Waals surface area (Å²) in [4.78, 5) is 37.1. The summed E-state index contributed by atoms with van der Waals surface area (Å²) in [6.45, 7) is 1.69. The number of hydrogen-bond acceptors (Lipinski definition) is 4. The van der Waals surface area contributed by atoms with Crippen molar-refractivity contribution in [3.63, 3.8) is 0 Å². The highest BCUT2D eigenvalue weighted by atomic mass is 16.4. The molecule has 0 aliphatic heterocycles. The number of aliphatic carboxylic acids is 1. The molecule has 0 fully saturated rings. The quantitative estimate of drug-likeness (QED) is 0.648. The minimum absolute atomic E-state index is 0.258. The Morgan fingerprint density at radius 3 is 2.67 bits per heavy atom. The van der Waals surface area contributed by atoms with Crippen molar-refractivity contribution >= 4 is 17.8 Å². The molecule has 0 saturated carbocycles. The number of aryl methyl sites for hydroxylation is 1. The molecular formula is C11H13N3O4. The number of nitrogens with one attached hydrogen (secondary N) is 1. The Morgan fingerprint density at radius 1 is 1.50 bits per heavy atom. The van der Waals surface area contributed by atoms with Gasteiger partial charge < -0.3 is 16.2 Å². The Hall–Kier alpha value is -2.44. The van der Waals surface area contributed by atoms with Gasteiger partial charge in [-0.05, 0) is 18.6 Å². The Balaban J connectivity index is 2.82. The first kappa shape index (κ1) is 13.6. The number of carbonyl (C=O) groups excluding carboxylic acids is 2. The minimum atomic E-state index is -1.34. The molecule has 1 heterocycles. The number of carbonyl (C=O) groups is 3. The third-order valence-electron chi connectivity index (χ3n) is 2.29. The molecule has 0 aromatic carbocycles. The van der Waals surface area contributed by atoms with Gasteiger partial charge in [0.2, 0.25) is 5.91 Å². The van der Waals surface area contributed by atoms with Crippen LogP contribution in [-0.4, -0.2) is 33.9 Å². The Morgan fingerprint density at radius 2 is 2.17 bits per heavy atom. The maximum absolute atomic E-state index is 11.8. The Bertz CT molecular complexity index is 487. The van der Waals surface area contributed by atoms with Gasteiger partial charge in [0.15, 0.2) is 0 Å². The lowest BCUT2D eigenvalue weighted by atomic mass is 10.1. The Labute approximate surface area is 103 Å². The highest BCUT2D eigenvalue weighted by Crippen LogP contribution is 2.05. The van der Waals surface area contributed by atoms with E-state index in [0.717, 1.165) is 0 Å². The highest BCUT2D eigenvalue weighted by Gasteiger charge is 2.23. The molecule has 0 radical (unpaired) electrons. The fourth-order valence-corrected chi connectivity index (χ4v) is 1.34. The third-order valence-corrected chi connectivity index (χ3v) is 2.29. The molecule has 0 unspecified atom stereocenters. The van der Waals surface area contributed by atoms with Gasteiger partial charge >= 0.3 is 5.97 Å². The van der Waals surface area contributed by atoms with Gasteiger partial charge in [0.25, 0.3) is 5.91 Å². The predicted molar refractivity (Wildman–Crippen MR) is 61.7 cm³/mol. The molecular weight excluding hydrogens is 238 g/mol. The lowest BCUT2D eigenvalue weighted by molar-refractivity contribution is -0.140. The number of aromatic nitrogens is 1. The zero-order valence-corrected chi connectivity index (χ0v) is 9.71.